The summed E-state index contributed by atoms with van der Waals surface area (Å²) < 4.78 is 0. The highest BCUT2D eigenvalue weighted by atomic mass is 15.3. The lowest BCUT2D eigenvalue weighted by Gasteiger charge is -1.94. The second-order valence-electron chi connectivity index (χ2n) is 3.04. The van der Waals surface area contributed by atoms with Crippen LogP contribution in [0.4, 0.5) is 0 Å². The van der Waals surface area contributed by atoms with Crippen molar-refractivity contribution in [3.8, 4) is 0 Å². The second-order valence-corrected chi connectivity index (χ2v) is 3.04. The molecule has 0 aliphatic carbocycles. The molecular formula is C9H10N8. The Morgan fingerprint density at radius 1 is 1.12 bits per heavy atom. The molecule has 2 heterocycles. The highest BCUT2D eigenvalue weighted by molar-refractivity contribution is 6.02. The first-order valence-electron chi connectivity index (χ1n) is 4.67. The largest absolute Gasteiger partial charge is 0.382 e. The Bertz CT molecular complexity index is 534. The fraction of sp³-hybridized carbons (Fsp3) is 0. The number of nitrogens with one attached hydrogen (secondary N) is 2. The molecule has 0 aromatic carbocycles. The van der Waals surface area contributed by atoms with E-state index in [4.69, 9.17) is 5.73 Å². The van der Waals surface area contributed by atoms with Gasteiger partial charge < -0.3 is 5.73 Å². The summed E-state index contributed by atoms with van der Waals surface area (Å²) in [4.78, 5) is 3.74. The zero-order valence-corrected chi connectivity index (χ0v) is 8.83. The van der Waals surface area contributed by atoms with Crippen LogP contribution in [0.5, 0.6) is 0 Å². The van der Waals surface area contributed by atoms with Crippen LogP contribution < -0.4 is 5.73 Å². The first kappa shape index (κ1) is 10.7. The Kier molecular flexibility index (Phi) is 3.05. The minimum atomic E-state index is 0.239. The van der Waals surface area contributed by atoms with E-state index in [9.17, 15) is 0 Å². The quantitative estimate of drug-likeness (QED) is 0.388. The molecule has 8 heteroatoms. The zero-order valence-electron chi connectivity index (χ0n) is 8.83. The minimum absolute atomic E-state index is 0.239. The van der Waals surface area contributed by atoms with Gasteiger partial charge in [0.2, 0.25) is 0 Å². The number of aromatic amines is 2. The van der Waals surface area contributed by atoms with Crippen LogP contribution in [0.3, 0.4) is 0 Å². The molecule has 17 heavy (non-hydrogen) atoms. The summed E-state index contributed by atoms with van der Waals surface area (Å²) in [6, 6.07) is 0. The number of nitrogens with two attached hydrogens (primary N) is 1. The Morgan fingerprint density at radius 3 is 2.29 bits per heavy atom. The fourth-order valence-electron chi connectivity index (χ4n) is 1.10. The van der Waals surface area contributed by atoms with Gasteiger partial charge in [-0.3, -0.25) is 10.2 Å². The SMILES string of the molecule is C=N/C(=N\N=C(/N)c1cn[nH]c1)c1cn[nH]c1. The lowest BCUT2D eigenvalue weighted by molar-refractivity contribution is 1.09. The molecule has 4 N–H and O–H groups in total. The van der Waals surface area contributed by atoms with E-state index in [0.29, 0.717) is 17.0 Å². The highest BCUT2D eigenvalue weighted by Gasteiger charge is 2.02. The van der Waals surface area contributed by atoms with Crippen LogP contribution in [-0.2, 0) is 0 Å². The third-order valence-corrected chi connectivity index (χ3v) is 1.95. The van der Waals surface area contributed by atoms with Crippen LogP contribution in [0, 0.1) is 0 Å². The number of aromatic nitrogens is 4. The molecule has 86 valence electrons. The van der Waals surface area contributed by atoms with E-state index in [-0.39, 0.29) is 5.84 Å². The molecule has 8 nitrogen and oxygen atoms in total. The summed E-state index contributed by atoms with van der Waals surface area (Å²) in [6.45, 7) is 3.41. The normalized spacial score (nSPS) is 12.7. The molecule has 0 unspecified atom stereocenters. The van der Waals surface area contributed by atoms with Crippen molar-refractivity contribution < 1.29 is 0 Å². The van der Waals surface area contributed by atoms with Crippen molar-refractivity contribution in [3.63, 3.8) is 0 Å². The predicted molar refractivity (Wildman–Crippen MR) is 64.0 cm³/mol. The van der Waals surface area contributed by atoms with Crippen LogP contribution in [0.15, 0.2) is 40.0 Å². The van der Waals surface area contributed by atoms with Gasteiger partial charge in [0.15, 0.2) is 11.7 Å². The van der Waals surface area contributed by atoms with E-state index in [1.165, 1.54) is 0 Å². The van der Waals surface area contributed by atoms with Gasteiger partial charge in [-0.25, -0.2) is 4.99 Å². The molecule has 0 aliphatic heterocycles. The molecular weight excluding hydrogens is 220 g/mol. The average Bonchev–Trinajstić information content (AvgIpc) is 3.02. The lowest BCUT2D eigenvalue weighted by Crippen LogP contribution is -2.12. The van der Waals surface area contributed by atoms with Gasteiger partial charge in [-0.05, 0) is 6.72 Å². The van der Waals surface area contributed by atoms with Crippen molar-refractivity contribution in [2.45, 2.75) is 0 Å². The molecule has 0 bridgehead atoms. The van der Waals surface area contributed by atoms with Crippen LogP contribution in [0.25, 0.3) is 0 Å². The molecule has 2 aromatic heterocycles. The molecule has 2 aromatic rings. The highest BCUT2D eigenvalue weighted by Crippen LogP contribution is 2.00. The maximum Gasteiger partial charge on any atom is 0.184 e. The Balaban J connectivity index is 2.24. The third-order valence-electron chi connectivity index (χ3n) is 1.95. The standard InChI is InChI=1S/C9H10N8/c1-11-9(7-4-14-15-5-7)17-16-8(10)6-2-12-13-3-6/h2-5H,1H2,(H2,10,16)(H,12,13)(H,14,15)/b17-9-. The fourth-order valence-corrected chi connectivity index (χ4v) is 1.10. The molecule has 0 aliphatic rings. The van der Waals surface area contributed by atoms with E-state index < -0.39 is 0 Å². The van der Waals surface area contributed by atoms with Crippen molar-refractivity contribution in [2.24, 2.45) is 20.9 Å². The first-order valence-corrected chi connectivity index (χ1v) is 4.67. The van der Waals surface area contributed by atoms with Gasteiger partial charge in [0.05, 0.1) is 23.5 Å². The number of hydrogen-bond acceptors (Lipinski definition) is 4. The van der Waals surface area contributed by atoms with E-state index in [0.717, 1.165) is 0 Å². The molecule has 0 atom stereocenters. The van der Waals surface area contributed by atoms with Gasteiger partial charge in [0.1, 0.15) is 0 Å². The van der Waals surface area contributed by atoms with Gasteiger partial charge in [-0.2, -0.15) is 10.2 Å². The van der Waals surface area contributed by atoms with Crippen molar-refractivity contribution in [2.75, 3.05) is 0 Å². The molecule has 0 amide bonds. The van der Waals surface area contributed by atoms with Gasteiger partial charge in [-0.15, -0.1) is 10.2 Å². The van der Waals surface area contributed by atoms with E-state index in [1.54, 1.807) is 24.8 Å². The summed E-state index contributed by atoms with van der Waals surface area (Å²) in [6.07, 6.45) is 6.37. The minimum Gasteiger partial charge on any atom is -0.382 e. The van der Waals surface area contributed by atoms with E-state index in [1.807, 2.05) is 0 Å². The maximum atomic E-state index is 5.69. The van der Waals surface area contributed by atoms with Crippen molar-refractivity contribution in [1.82, 2.24) is 20.4 Å². The predicted octanol–water partition coefficient (Wildman–Crippen LogP) is -0.0995. The van der Waals surface area contributed by atoms with Crippen molar-refractivity contribution >= 4 is 18.4 Å². The van der Waals surface area contributed by atoms with Gasteiger partial charge in [0, 0.05) is 12.4 Å². The van der Waals surface area contributed by atoms with E-state index >= 15 is 0 Å². The smallest absolute Gasteiger partial charge is 0.184 e. The van der Waals surface area contributed by atoms with Gasteiger partial charge in [0.25, 0.3) is 0 Å². The van der Waals surface area contributed by atoms with Crippen molar-refractivity contribution in [1.29, 1.82) is 0 Å². The molecule has 0 saturated carbocycles. The monoisotopic (exact) mass is 230 g/mol. The number of rotatable bonds is 3. The third kappa shape index (κ3) is 2.43. The second kappa shape index (κ2) is 4.84. The Morgan fingerprint density at radius 2 is 1.76 bits per heavy atom. The summed E-state index contributed by atoms with van der Waals surface area (Å²) in [5.74, 6) is 0.577. The van der Waals surface area contributed by atoms with E-state index in [2.05, 4.69) is 42.3 Å². The number of hydrogen-bond donors (Lipinski definition) is 3. The lowest BCUT2D eigenvalue weighted by atomic mass is 10.3. The van der Waals surface area contributed by atoms with Crippen LogP contribution in [0.1, 0.15) is 11.1 Å². The number of aliphatic imine (C=N–C) groups is 1. The average molecular weight is 230 g/mol. The number of nitrogens with zero attached hydrogens (tertiary/aromatic N) is 5. The van der Waals surface area contributed by atoms with Crippen LogP contribution in [-0.4, -0.2) is 38.8 Å². The van der Waals surface area contributed by atoms with Crippen LogP contribution >= 0.6 is 0 Å². The maximum absolute atomic E-state index is 5.69. The topological polar surface area (TPSA) is 120 Å². The zero-order chi connectivity index (χ0) is 12.1. The Labute approximate surface area is 96.4 Å². The molecule has 0 fully saturated rings. The van der Waals surface area contributed by atoms with Crippen LogP contribution in [0.2, 0.25) is 0 Å². The Hall–Kier alpha value is -2.77. The summed E-state index contributed by atoms with van der Waals surface area (Å²) in [5.41, 5.74) is 7.03. The summed E-state index contributed by atoms with van der Waals surface area (Å²) >= 11 is 0. The summed E-state index contributed by atoms with van der Waals surface area (Å²) in [7, 11) is 0. The van der Waals surface area contributed by atoms with Gasteiger partial charge >= 0.3 is 0 Å². The van der Waals surface area contributed by atoms with Crippen molar-refractivity contribution in [3.05, 3.63) is 35.9 Å². The number of H-pyrrole nitrogens is 2. The molecule has 0 spiro atoms. The molecule has 0 saturated heterocycles. The summed E-state index contributed by atoms with van der Waals surface area (Å²) in [5, 5.41) is 20.5. The molecule has 2 rings (SSSR count). The molecule has 0 radical (unpaired) electrons. The first-order chi connectivity index (χ1) is 8.31. The number of amidine groups is 2. The van der Waals surface area contributed by atoms with Gasteiger partial charge in [-0.1, -0.05) is 0 Å².